The first-order chi connectivity index (χ1) is 19.1. The average molecular weight is 531 g/mol. The molecule has 1 aromatic heterocycles. The third kappa shape index (κ3) is 6.91. The molecule has 208 valence electrons. The molecule has 2 saturated carbocycles. The molecule has 0 aliphatic heterocycles. The van der Waals surface area contributed by atoms with E-state index in [1.165, 1.54) is 64.2 Å². The molecule has 0 amide bonds. The molecule has 2 fully saturated rings. The summed E-state index contributed by atoms with van der Waals surface area (Å²) < 4.78 is 10.7. The van der Waals surface area contributed by atoms with Gasteiger partial charge in [-0.25, -0.2) is 0 Å². The molecule has 5 rings (SSSR count). The molecule has 8 nitrogen and oxygen atoms in total. The number of methoxy groups -OCH3 is 2. The van der Waals surface area contributed by atoms with Crippen LogP contribution in [0.25, 0.3) is 0 Å². The maximum Gasteiger partial charge on any atom is 0.232 e. The van der Waals surface area contributed by atoms with E-state index in [2.05, 4.69) is 39.0 Å². The molecule has 2 aliphatic rings. The van der Waals surface area contributed by atoms with Crippen molar-refractivity contribution in [2.24, 2.45) is 0 Å². The third-order valence-corrected chi connectivity index (χ3v) is 8.14. The fourth-order valence-corrected chi connectivity index (χ4v) is 6.07. The summed E-state index contributed by atoms with van der Waals surface area (Å²) in [4.78, 5) is 19.3. The molecule has 0 saturated heterocycles. The monoisotopic (exact) mass is 530 g/mol. The highest BCUT2D eigenvalue weighted by molar-refractivity contribution is 5.47. The van der Waals surface area contributed by atoms with Gasteiger partial charge in [-0.2, -0.15) is 15.0 Å². The van der Waals surface area contributed by atoms with Crippen molar-refractivity contribution in [3.05, 3.63) is 59.7 Å². The lowest BCUT2D eigenvalue weighted by atomic mass is 9.89. The van der Waals surface area contributed by atoms with E-state index in [1.54, 1.807) is 14.2 Å². The molecule has 2 aliphatic carbocycles. The number of nitrogens with two attached hydrogens (primary N) is 1. The molecule has 3 aromatic rings. The van der Waals surface area contributed by atoms with E-state index in [9.17, 15) is 0 Å². The van der Waals surface area contributed by atoms with Crippen molar-refractivity contribution >= 4 is 17.8 Å². The summed E-state index contributed by atoms with van der Waals surface area (Å²) in [5.41, 5.74) is 8.69. The maximum atomic E-state index is 6.41. The van der Waals surface area contributed by atoms with Crippen molar-refractivity contribution in [1.29, 1.82) is 0 Å². The highest BCUT2D eigenvalue weighted by Gasteiger charge is 2.32. The topological polar surface area (TPSA) is 89.6 Å². The minimum atomic E-state index is 0.279. The van der Waals surface area contributed by atoms with Gasteiger partial charge in [0.05, 0.1) is 14.2 Å². The van der Waals surface area contributed by atoms with Crippen molar-refractivity contribution in [2.75, 3.05) is 29.8 Å². The van der Waals surface area contributed by atoms with E-state index in [4.69, 9.17) is 25.2 Å². The van der Waals surface area contributed by atoms with E-state index in [0.717, 1.165) is 28.6 Å². The van der Waals surface area contributed by atoms with Gasteiger partial charge in [0.2, 0.25) is 17.8 Å². The number of benzene rings is 2. The number of nitrogens with zero attached hydrogens (tertiary/aromatic N) is 5. The van der Waals surface area contributed by atoms with Crippen LogP contribution in [0, 0.1) is 0 Å². The second-order valence-electron chi connectivity index (χ2n) is 10.8. The van der Waals surface area contributed by atoms with E-state index in [-0.39, 0.29) is 5.95 Å². The lowest BCUT2D eigenvalue weighted by Gasteiger charge is -2.42. The summed E-state index contributed by atoms with van der Waals surface area (Å²) in [5.74, 6) is 3.30. The van der Waals surface area contributed by atoms with Gasteiger partial charge < -0.3 is 25.0 Å². The Balaban J connectivity index is 1.49. The van der Waals surface area contributed by atoms with Crippen LogP contribution < -0.4 is 25.0 Å². The standard InChI is InChI=1S/C31H42N6O2/c1-38-27-17-13-23(14-18-27)21-36(22-24-15-19-28(39-2)20-16-24)30-33-29(32)34-31(35-30)37(25-9-5-3-6-10-25)26-11-7-4-8-12-26/h13-20,25-26H,3-12,21-22H2,1-2H3,(H2,32,33,34,35). The normalized spacial score (nSPS) is 16.6. The van der Waals surface area contributed by atoms with Crippen molar-refractivity contribution in [3.8, 4) is 11.5 Å². The Morgan fingerprint density at radius 3 is 1.51 bits per heavy atom. The first kappa shape index (κ1) is 27.0. The SMILES string of the molecule is COc1ccc(CN(Cc2ccc(OC)cc2)c2nc(N)nc(N(C3CCCCC3)C3CCCCC3)n2)cc1. The molecule has 0 radical (unpaired) electrons. The fourth-order valence-electron chi connectivity index (χ4n) is 6.07. The summed E-state index contributed by atoms with van der Waals surface area (Å²) in [7, 11) is 3.37. The summed E-state index contributed by atoms with van der Waals surface area (Å²) in [6.45, 7) is 1.26. The molecule has 0 spiro atoms. The predicted octanol–water partition coefficient (Wildman–Crippen LogP) is 6.15. The van der Waals surface area contributed by atoms with Crippen LogP contribution in [-0.4, -0.2) is 41.3 Å². The zero-order chi connectivity index (χ0) is 27.0. The molecule has 2 aromatic carbocycles. The number of ether oxygens (including phenoxy) is 2. The van der Waals surface area contributed by atoms with Gasteiger partial charge in [-0.05, 0) is 61.1 Å². The Bertz CT molecular complexity index is 1110. The number of aromatic nitrogens is 3. The zero-order valence-electron chi connectivity index (χ0n) is 23.4. The van der Waals surface area contributed by atoms with Gasteiger partial charge in [-0.1, -0.05) is 62.8 Å². The van der Waals surface area contributed by atoms with Gasteiger partial charge in [0.25, 0.3) is 0 Å². The van der Waals surface area contributed by atoms with E-state index >= 15 is 0 Å². The largest absolute Gasteiger partial charge is 0.497 e. The Kier molecular flexibility index (Phi) is 9.01. The first-order valence-corrected chi connectivity index (χ1v) is 14.4. The number of rotatable bonds is 10. The molecule has 39 heavy (non-hydrogen) atoms. The quantitative estimate of drug-likeness (QED) is 0.334. The average Bonchev–Trinajstić information content (AvgIpc) is 2.98. The van der Waals surface area contributed by atoms with E-state index in [0.29, 0.717) is 31.1 Å². The van der Waals surface area contributed by atoms with Crippen LogP contribution in [0.4, 0.5) is 17.8 Å². The predicted molar refractivity (Wildman–Crippen MR) is 156 cm³/mol. The van der Waals surface area contributed by atoms with Crippen molar-refractivity contribution in [2.45, 2.75) is 89.4 Å². The molecular formula is C31H42N6O2. The summed E-state index contributed by atoms with van der Waals surface area (Å²) in [6.07, 6.45) is 12.5. The molecule has 0 unspecified atom stereocenters. The van der Waals surface area contributed by atoms with Crippen LogP contribution in [0.2, 0.25) is 0 Å². The van der Waals surface area contributed by atoms with Gasteiger partial charge in [-0.3, -0.25) is 0 Å². The highest BCUT2D eigenvalue weighted by atomic mass is 16.5. The van der Waals surface area contributed by atoms with E-state index in [1.807, 2.05) is 24.3 Å². The third-order valence-electron chi connectivity index (χ3n) is 8.14. The van der Waals surface area contributed by atoms with Crippen LogP contribution >= 0.6 is 0 Å². The molecule has 0 atom stereocenters. The van der Waals surface area contributed by atoms with Crippen LogP contribution in [0.1, 0.15) is 75.3 Å². The number of anilines is 3. The minimum Gasteiger partial charge on any atom is -0.497 e. The number of hydrogen-bond acceptors (Lipinski definition) is 8. The molecule has 1 heterocycles. The second-order valence-corrected chi connectivity index (χ2v) is 10.8. The minimum absolute atomic E-state index is 0.279. The zero-order valence-corrected chi connectivity index (χ0v) is 23.4. The van der Waals surface area contributed by atoms with Gasteiger partial charge in [0.1, 0.15) is 11.5 Å². The van der Waals surface area contributed by atoms with Gasteiger partial charge in [0.15, 0.2) is 0 Å². The van der Waals surface area contributed by atoms with Gasteiger partial charge in [0, 0.05) is 25.2 Å². The second kappa shape index (κ2) is 13.0. The van der Waals surface area contributed by atoms with Gasteiger partial charge >= 0.3 is 0 Å². The Morgan fingerprint density at radius 2 is 1.08 bits per heavy atom. The Morgan fingerprint density at radius 1 is 0.641 bits per heavy atom. The lowest BCUT2D eigenvalue weighted by Crippen LogP contribution is -2.46. The summed E-state index contributed by atoms with van der Waals surface area (Å²) in [6, 6.07) is 17.2. The van der Waals surface area contributed by atoms with Crippen LogP contribution in [0.3, 0.4) is 0 Å². The van der Waals surface area contributed by atoms with Gasteiger partial charge in [-0.15, -0.1) is 0 Å². The molecule has 8 heteroatoms. The van der Waals surface area contributed by atoms with Crippen molar-refractivity contribution in [3.63, 3.8) is 0 Å². The molecule has 2 N–H and O–H groups in total. The van der Waals surface area contributed by atoms with Crippen molar-refractivity contribution in [1.82, 2.24) is 15.0 Å². The van der Waals surface area contributed by atoms with Crippen LogP contribution in [0.5, 0.6) is 11.5 Å². The molecule has 0 bridgehead atoms. The van der Waals surface area contributed by atoms with E-state index < -0.39 is 0 Å². The van der Waals surface area contributed by atoms with Crippen molar-refractivity contribution < 1.29 is 9.47 Å². The number of nitrogen functional groups attached to an aromatic ring is 1. The van der Waals surface area contributed by atoms with Crippen LogP contribution in [-0.2, 0) is 13.1 Å². The lowest BCUT2D eigenvalue weighted by molar-refractivity contribution is 0.335. The summed E-state index contributed by atoms with van der Waals surface area (Å²) >= 11 is 0. The maximum absolute atomic E-state index is 6.41. The summed E-state index contributed by atoms with van der Waals surface area (Å²) in [5, 5.41) is 0. The fraction of sp³-hybridized carbons (Fsp3) is 0.516. The number of hydrogen-bond donors (Lipinski definition) is 1. The van der Waals surface area contributed by atoms with Crippen LogP contribution in [0.15, 0.2) is 48.5 Å². The Labute approximate surface area is 232 Å². The smallest absolute Gasteiger partial charge is 0.232 e. The Hall–Kier alpha value is -3.55. The molecular weight excluding hydrogens is 488 g/mol. The highest BCUT2D eigenvalue weighted by Crippen LogP contribution is 2.34. The first-order valence-electron chi connectivity index (χ1n) is 14.4.